The fourth-order valence-corrected chi connectivity index (χ4v) is 2.47. The molecule has 1 atom stereocenters. The Balaban J connectivity index is 2.11. The fourth-order valence-electron chi connectivity index (χ4n) is 2.23. The quantitative estimate of drug-likeness (QED) is 0.922. The molecule has 1 aromatic rings. The summed E-state index contributed by atoms with van der Waals surface area (Å²) < 4.78 is 1.05. The van der Waals surface area contributed by atoms with E-state index in [1.807, 2.05) is 6.20 Å². The zero-order chi connectivity index (χ0) is 11.4. The molecule has 0 saturated carbocycles. The smallest absolute Gasteiger partial charge is 0.0576 e. The summed E-state index contributed by atoms with van der Waals surface area (Å²) in [6, 6.07) is 4.67. The van der Waals surface area contributed by atoms with E-state index in [1.165, 1.54) is 5.69 Å². The highest BCUT2D eigenvalue weighted by atomic mass is 79.9. The van der Waals surface area contributed by atoms with Gasteiger partial charge in [0.05, 0.1) is 11.7 Å². The lowest BCUT2D eigenvalue weighted by Crippen LogP contribution is -2.45. The van der Waals surface area contributed by atoms with Gasteiger partial charge in [-0.05, 0) is 34.5 Å². The van der Waals surface area contributed by atoms with Gasteiger partial charge in [0, 0.05) is 36.8 Å². The molecule has 1 saturated heterocycles. The Hall–Kier alpha value is -0.450. The van der Waals surface area contributed by atoms with E-state index >= 15 is 0 Å². The molecular formula is C12H18BrN3. The number of rotatable bonds is 3. The van der Waals surface area contributed by atoms with Crippen molar-refractivity contribution in [3.63, 3.8) is 0 Å². The maximum absolute atomic E-state index is 4.52. The van der Waals surface area contributed by atoms with Crippen molar-refractivity contribution in [2.45, 2.75) is 19.4 Å². The molecule has 0 unspecified atom stereocenters. The molecule has 4 heteroatoms. The lowest BCUT2D eigenvalue weighted by molar-refractivity contribution is 0.166. The Kier molecular flexibility index (Phi) is 4.32. The van der Waals surface area contributed by atoms with Crippen LogP contribution in [0, 0.1) is 0 Å². The molecular weight excluding hydrogens is 266 g/mol. The van der Waals surface area contributed by atoms with Crippen LogP contribution in [0.1, 0.15) is 25.1 Å². The van der Waals surface area contributed by atoms with Gasteiger partial charge in [-0.2, -0.15) is 0 Å². The van der Waals surface area contributed by atoms with Gasteiger partial charge in [-0.3, -0.25) is 9.88 Å². The van der Waals surface area contributed by atoms with Gasteiger partial charge < -0.3 is 5.32 Å². The van der Waals surface area contributed by atoms with Gasteiger partial charge in [0.25, 0.3) is 0 Å². The highest BCUT2D eigenvalue weighted by molar-refractivity contribution is 9.10. The van der Waals surface area contributed by atoms with E-state index < -0.39 is 0 Å². The number of aromatic nitrogens is 1. The average molecular weight is 284 g/mol. The first kappa shape index (κ1) is 12.0. The van der Waals surface area contributed by atoms with E-state index in [2.05, 4.69) is 50.2 Å². The predicted octanol–water partition coefficient (Wildman–Crippen LogP) is 2.20. The van der Waals surface area contributed by atoms with Crippen LogP contribution < -0.4 is 5.32 Å². The minimum atomic E-state index is 0.468. The molecule has 2 rings (SSSR count). The Morgan fingerprint density at radius 1 is 1.44 bits per heavy atom. The van der Waals surface area contributed by atoms with Crippen molar-refractivity contribution in [2.24, 2.45) is 0 Å². The fraction of sp³-hybridized carbons (Fsp3) is 0.583. The number of halogens is 1. The molecule has 1 N–H and O–H groups in total. The summed E-state index contributed by atoms with van der Waals surface area (Å²) in [5.74, 6) is 0. The van der Waals surface area contributed by atoms with Crippen LogP contribution in [-0.4, -0.2) is 36.1 Å². The first-order valence-electron chi connectivity index (χ1n) is 5.87. The van der Waals surface area contributed by atoms with Gasteiger partial charge in [-0.1, -0.05) is 6.92 Å². The van der Waals surface area contributed by atoms with Crippen LogP contribution in [0.2, 0.25) is 0 Å². The third-order valence-electron chi connectivity index (χ3n) is 3.07. The number of pyridine rings is 1. The summed E-state index contributed by atoms with van der Waals surface area (Å²) in [6.45, 7) is 6.66. The lowest BCUT2D eigenvalue weighted by atomic mass is 10.1. The zero-order valence-corrected chi connectivity index (χ0v) is 11.2. The van der Waals surface area contributed by atoms with Gasteiger partial charge in [0.15, 0.2) is 0 Å². The van der Waals surface area contributed by atoms with Gasteiger partial charge >= 0.3 is 0 Å². The van der Waals surface area contributed by atoms with Gasteiger partial charge in [0.2, 0.25) is 0 Å². The standard InChI is InChI=1S/C12H18BrN3/c1-2-12(16-7-5-14-6-8-16)11-4-3-10(13)9-15-11/h3-4,9,12,14H,2,5-8H2,1H3/t12-/m0/s1. The van der Waals surface area contributed by atoms with Crippen LogP contribution in [-0.2, 0) is 0 Å². The molecule has 1 aromatic heterocycles. The Labute approximate surface area is 105 Å². The molecule has 2 heterocycles. The number of hydrogen-bond donors (Lipinski definition) is 1. The van der Waals surface area contributed by atoms with E-state index in [-0.39, 0.29) is 0 Å². The highest BCUT2D eigenvalue weighted by Crippen LogP contribution is 2.23. The van der Waals surface area contributed by atoms with Crippen LogP contribution in [0.15, 0.2) is 22.8 Å². The Morgan fingerprint density at radius 2 is 2.19 bits per heavy atom. The number of nitrogens with zero attached hydrogens (tertiary/aromatic N) is 2. The normalized spacial score (nSPS) is 19.6. The molecule has 1 fully saturated rings. The lowest BCUT2D eigenvalue weighted by Gasteiger charge is -2.34. The minimum Gasteiger partial charge on any atom is -0.314 e. The summed E-state index contributed by atoms with van der Waals surface area (Å²) in [4.78, 5) is 7.04. The van der Waals surface area contributed by atoms with Crippen molar-refractivity contribution in [3.8, 4) is 0 Å². The first-order chi connectivity index (χ1) is 7.81. The number of hydrogen-bond acceptors (Lipinski definition) is 3. The SMILES string of the molecule is CC[C@@H](c1ccc(Br)cn1)N1CCNCC1. The predicted molar refractivity (Wildman–Crippen MR) is 69.4 cm³/mol. The molecule has 1 aliphatic heterocycles. The topological polar surface area (TPSA) is 28.2 Å². The molecule has 1 aliphatic rings. The number of piperazine rings is 1. The molecule has 0 spiro atoms. The first-order valence-corrected chi connectivity index (χ1v) is 6.66. The minimum absolute atomic E-state index is 0.468. The molecule has 0 bridgehead atoms. The van der Waals surface area contributed by atoms with Crippen LogP contribution in [0.5, 0.6) is 0 Å². The Morgan fingerprint density at radius 3 is 2.75 bits per heavy atom. The summed E-state index contributed by atoms with van der Waals surface area (Å²) in [6.07, 6.45) is 3.01. The van der Waals surface area contributed by atoms with Gasteiger partial charge in [-0.15, -0.1) is 0 Å². The average Bonchev–Trinajstić information content (AvgIpc) is 2.34. The van der Waals surface area contributed by atoms with E-state index in [0.717, 1.165) is 37.1 Å². The molecule has 88 valence electrons. The summed E-state index contributed by atoms with van der Waals surface area (Å²) in [7, 11) is 0. The van der Waals surface area contributed by atoms with Gasteiger partial charge in [-0.25, -0.2) is 0 Å². The summed E-state index contributed by atoms with van der Waals surface area (Å²) >= 11 is 3.43. The molecule has 0 aliphatic carbocycles. The maximum atomic E-state index is 4.52. The third-order valence-corrected chi connectivity index (χ3v) is 3.54. The van der Waals surface area contributed by atoms with Crippen LogP contribution >= 0.6 is 15.9 Å². The van der Waals surface area contributed by atoms with Crippen molar-refractivity contribution in [1.82, 2.24) is 15.2 Å². The van der Waals surface area contributed by atoms with Crippen molar-refractivity contribution in [1.29, 1.82) is 0 Å². The Bertz CT molecular complexity index is 320. The second-order valence-corrected chi connectivity index (χ2v) is 5.03. The molecule has 16 heavy (non-hydrogen) atoms. The summed E-state index contributed by atoms with van der Waals surface area (Å²) in [5, 5.41) is 3.38. The largest absolute Gasteiger partial charge is 0.314 e. The van der Waals surface area contributed by atoms with Crippen molar-refractivity contribution < 1.29 is 0 Å². The van der Waals surface area contributed by atoms with E-state index in [0.29, 0.717) is 6.04 Å². The van der Waals surface area contributed by atoms with Crippen molar-refractivity contribution >= 4 is 15.9 Å². The van der Waals surface area contributed by atoms with E-state index in [1.54, 1.807) is 0 Å². The summed E-state index contributed by atoms with van der Waals surface area (Å²) in [5.41, 5.74) is 1.19. The van der Waals surface area contributed by atoms with E-state index in [4.69, 9.17) is 0 Å². The third kappa shape index (κ3) is 2.81. The van der Waals surface area contributed by atoms with Crippen LogP contribution in [0.3, 0.4) is 0 Å². The maximum Gasteiger partial charge on any atom is 0.0576 e. The van der Waals surface area contributed by atoms with Crippen molar-refractivity contribution in [3.05, 3.63) is 28.5 Å². The monoisotopic (exact) mass is 283 g/mol. The van der Waals surface area contributed by atoms with Crippen molar-refractivity contribution in [2.75, 3.05) is 26.2 Å². The molecule has 0 aromatic carbocycles. The molecule has 3 nitrogen and oxygen atoms in total. The zero-order valence-electron chi connectivity index (χ0n) is 9.62. The second kappa shape index (κ2) is 5.75. The van der Waals surface area contributed by atoms with Crippen LogP contribution in [0.4, 0.5) is 0 Å². The number of nitrogens with one attached hydrogen (secondary N) is 1. The van der Waals surface area contributed by atoms with Gasteiger partial charge in [0.1, 0.15) is 0 Å². The molecule has 0 amide bonds. The highest BCUT2D eigenvalue weighted by Gasteiger charge is 2.21. The second-order valence-electron chi connectivity index (χ2n) is 4.11. The molecule has 0 radical (unpaired) electrons. The van der Waals surface area contributed by atoms with E-state index in [9.17, 15) is 0 Å². The van der Waals surface area contributed by atoms with Crippen LogP contribution in [0.25, 0.3) is 0 Å².